The Morgan fingerprint density at radius 1 is 1.41 bits per heavy atom. The van der Waals surface area contributed by atoms with Gasteiger partial charge in [0.1, 0.15) is 0 Å². The molecule has 0 radical (unpaired) electrons. The van der Waals surface area contributed by atoms with Crippen LogP contribution in [0.15, 0.2) is 0 Å². The average molecular weight is 276 g/mol. The molecule has 1 rings (SSSR count). The Bertz CT molecular complexity index is 325. The predicted molar refractivity (Wildman–Crippen MR) is 74.2 cm³/mol. The molecule has 0 saturated heterocycles. The number of amides is 1. The Kier molecular flexibility index (Phi) is 5.52. The number of carbonyl (C=O) groups excluding carboxylic acids is 1. The third-order valence-electron chi connectivity index (χ3n) is 3.29. The first kappa shape index (κ1) is 14.6. The van der Waals surface area contributed by atoms with Crippen LogP contribution in [0.3, 0.4) is 0 Å². The maximum atomic E-state index is 12.2. The van der Waals surface area contributed by atoms with Crippen molar-refractivity contribution < 1.29 is 9.00 Å². The zero-order valence-corrected chi connectivity index (χ0v) is 11.8. The van der Waals surface area contributed by atoms with E-state index in [4.69, 9.17) is 18.0 Å². The van der Waals surface area contributed by atoms with E-state index in [9.17, 15) is 9.00 Å². The van der Waals surface area contributed by atoms with E-state index >= 15 is 0 Å². The average Bonchev–Trinajstić information content (AvgIpc) is 2.29. The van der Waals surface area contributed by atoms with E-state index < -0.39 is 16.2 Å². The molecule has 1 fully saturated rings. The molecule has 0 aromatic rings. The Labute approximate surface area is 110 Å². The Morgan fingerprint density at radius 2 is 2.00 bits per heavy atom. The summed E-state index contributed by atoms with van der Waals surface area (Å²) in [6, 6.07) is 0. The summed E-state index contributed by atoms with van der Waals surface area (Å²) in [5.74, 6) is 0.384. The van der Waals surface area contributed by atoms with Crippen LogP contribution in [-0.4, -0.2) is 33.7 Å². The van der Waals surface area contributed by atoms with E-state index in [2.05, 4.69) is 5.32 Å². The molecule has 1 aliphatic rings. The summed E-state index contributed by atoms with van der Waals surface area (Å²) in [7, 11) is -0.890. The Balaban J connectivity index is 2.61. The van der Waals surface area contributed by atoms with Gasteiger partial charge in [-0.2, -0.15) is 0 Å². The number of hydrogen-bond acceptors (Lipinski definition) is 3. The van der Waals surface area contributed by atoms with Gasteiger partial charge in [0.25, 0.3) is 0 Å². The van der Waals surface area contributed by atoms with E-state index in [0.717, 1.165) is 32.1 Å². The number of nitrogens with two attached hydrogens (primary N) is 1. The van der Waals surface area contributed by atoms with E-state index in [-0.39, 0.29) is 5.91 Å². The SMILES string of the molecule is CS(=O)CCNC(=O)C1(C(N)=S)CCCCC1. The second-order valence-electron chi connectivity index (χ2n) is 4.54. The third kappa shape index (κ3) is 3.74. The van der Waals surface area contributed by atoms with Crippen LogP contribution in [0.2, 0.25) is 0 Å². The highest BCUT2D eigenvalue weighted by molar-refractivity contribution is 7.84. The van der Waals surface area contributed by atoms with Gasteiger partial charge >= 0.3 is 0 Å². The standard InChI is InChI=1S/C11H20N2O2S2/c1-17(15)8-7-13-10(14)11(9(12)16)5-3-2-4-6-11/h2-8H2,1H3,(H2,12,16)(H,13,14). The Hall–Kier alpha value is -0.490. The molecule has 0 heterocycles. The number of nitrogens with one attached hydrogen (secondary N) is 1. The molecule has 1 aliphatic carbocycles. The minimum atomic E-state index is -0.890. The van der Waals surface area contributed by atoms with Crippen LogP contribution in [0, 0.1) is 5.41 Å². The largest absolute Gasteiger partial charge is 0.392 e. The van der Waals surface area contributed by atoms with Crippen LogP contribution in [-0.2, 0) is 15.6 Å². The molecular weight excluding hydrogens is 256 g/mol. The summed E-state index contributed by atoms with van der Waals surface area (Å²) < 4.78 is 10.9. The van der Waals surface area contributed by atoms with Crippen LogP contribution in [0.5, 0.6) is 0 Å². The number of carbonyl (C=O) groups is 1. The molecule has 4 nitrogen and oxygen atoms in total. The summed E-state index contributed by atoms with van der Waals surface area (Å²) in [6.07, 6.45) is 6.22. The lowest BCUT2D eigenvalue weighted by atomic mass is 9.73. The lowest BCUT2D eigenvalue weighted by Crippen LogP contribution is -2.50. The topological polar surface area (TPSA) is 72.2 Å². The smallest absolute Gasteiger partial charge is 0.233 e. The van der Waals surface area contributed by atoms with Gasteiger partial charge in [-0.15, -0.1) is 0 Å². The third-order valence-corrected chi connectivity index (χ3v) is 4.46. The highest BCUT2D eigenvalue weighted by Crippen LogP contribution is 2.36. The van der Waals surface area contributed by atoms with E-state index in [1.54, 1.807) is 6.26 Å². The molecular formula is C11H20N2O2S2. The van der Waals surface area contributed by atoms with Crippen molar-refractivity contribution in [2.24, 2.45) is 11.1 Å². The van der Waals surface area contributed by atoms with Crippen molar-refractivity contribution in [2.45, 2.75) is 32.1 Å². The summed E-state index contributed by atoms with van der Waals surface area (Å²) in [5, 5.41) is 2.81. The lowest BCUT2D eigenvalue weighted by Gasteiger charge is -2.34. The van der Waals surface area contributed by atoms with Crippen LogP contribution in [0.4, 0.5) is 0 Å². The van der Waals surface area contributed by atoms with Crippen molar-refractivity contribution in [3.8, 4) is 0 Å². The Morgan fingerprint density at radius 3 is 2.47 bits per heavy atom. The highest BCUT2D eigenvalue weighted by atomic mass is 32.2. The van der Waals surface area contributed by atoms with Gasteiger partial charge in [-0.3, -0.25) is 9.00 Å². The number of hydrogen-bond donors (Lipinski definition) is 2. The molecule has 17 heavy (non-hydrogen) atoms. The molecule has 0 aromatic heterocycles. The maximum Gasteiger partial charge on any atom is 0.233 e. The second-order valence-corrected chi connectivity index (χ2v) is 6.53. The predicted octanol–water partition coefficient (Wildman–Crippen LogP) is 0.718. The van der Waals surface area contributed by atoms with Gasteiger partial charge in [0.15, 0.2) is 0 Å². The first-order valence-corrected chi connectivity index (χ1v) is 8.01. The van der Waals surface area contributed by atoms with Gasteiger partial charge in [0.2, 0.25) is 5.91 Å². The molecule has 0 aromatic carbocycles. The zero-order valence-electron chi connectivity index (χ0n) is 10.2. The van der Waals surface area contributed by atoms with E-state index in [1.807, 2.05) is 0 Å². The van der Waals surface area contributed by atoms with Crippen molar-refractivity contribution in [3.05, 3.63) is 0 Å². The van der Waals surface area contributed by atoms with Crippen LogP contribution < -0.4 is 11.1 Å². The first-order chi connectivity index (χ1) is 7.99. The minimum Gasteiger partial charge on any atom is -0.392 e. The van der Waals surface area contributed by atoms with Crippen molar-refractivity contribution in [3.63, 3.8) is 0 Å². The molecule has 1 unspecified atom stereocenters. The fourth-order valence-electron chi connectivity index (χ4n) is 2.22. The summed E-state index contributed by atoms with van der Waals surface area (Å²) >= 11 is 5.06. The van der Waals surface area contributed by atoms with Gasteiger partial charge in [0, 0.05) is 29.4 Å². The molecule has 1 saturated carbocycles. The molecule has 98 valence electrons. The summed E-state index contributed by atoms with van der Waals surface area (Å²) in [5.41, 5.74) is 5.08. The van der Waals surface area contributed by atoms with Crippen LogP contribution >= 0.6 is 12.2 Å². The normalized spacial score (nSPS) is 20.5. The number of thiocarbonyl (C=S) groups is 1. The highest BCUT2D eigenvalue weighted by Gasteiger charge is 2.42. The molecule has 6 heteroatoms. The van der Waals surface area contributed by atoms with Crippen molar-refractivity contribution in [1.82, 2.24) is 5.32 Å². The quantitative estimate of drug-likeness (QED) is 0.726. The second kappa shape index (κ2) is 6.44. The first-order valence-electron chi connectivity index (χ1n) is 5.87. The van der Waals surface area contributed by atoms with Gasteiger partial charge in [0.05, 0.1) is 10.4 Å². The van der Waals surface area contributed by atoms with E-state index in [0.29, 0.717) is 17.3 Å². The van der Waals surface area contributed by atoms with Gasteiger partial charge in [-0.1, -0.05) is 31.5 Å². The van der Waals surface area contributed by atoms with Crippen LogP contribution in [0.1, 0.15) is 32.1 Å². The van der Waals surface area contributed by atoms with Crippen LogP contribution in [0.25, 0.3) is 0 Å². The van der Waals surface area contributed by atoms with Crippen molar-refractivity contribution >= 4 is 33.9 Å². The molecule has 3 N–H and O–H groups in total. The number of rotatable bonds is 5. The fourth-order valence-corrected chi connectivity index (χ4v) is 2.90. The van der Waals surface area contributed by atoms with Gasteiger partial charge < -0.3 is 11.1 Å². The molecule has 0 bridgehead atoms. The van der Waals surface area contributed by atoms with E-state index in [1.165, 1.54) is 0 Å². The minimum absolute atomic E-state index is 0.0878. The molecule has 0 aliphatic heterocycles. The van der Waals surface area contributed by atoms with Crippen molar-refractivity contribution in [2.75, 3.05) is 18.6 Å². The monoisotopic (exact) mass is 276 g/mol. The summed E-state index contributed by atoms with van der Waals surface area (Å²) in [4.78, 5) is 12.5. The zero-order chi connectivity index (χ0) is 12.9. The lowest BCUT2D eigenvalue weighted by molar-refractivity contribution is -0.128. The summed E-state index contributed by atoms with van der Waals surface area (Å²) in [6.45, 7) is 0.423. The van der Waals surface area contributed by atoms with Gasteiger partial charge in [-0.25, -0.2) is 0 Å². The maximum absolute atomic E-state index is 12.2. The van der Waals surface area contributed by atoms with Gasteiger partial charge in [-0.05, 0) is 12.8 Å². The molecule has 1 atom stereocenters. The molecule has 0 spiro atoms. The molecule has 1 amide bonds. The fraction of sp³-hybridized carbons (Fsp3) is 0.818. The van der Waals surface area contributed by atoms with Crippen molar-refractivity contribution in [1.29, 1.82) is 0 Å².